The van der Waals surface area contributed by atoms with E-state index in [2.05, 4.69) is 20.3 Å². The van der Waals surface area contributed by atoms with Gasteiger partial charge in [-0.2, -0.15) is 0 Å². The first-order valence-corrected chi connectivity index (χ1v) is 8.42. The number of halogens is 2. The summed E-state index contributed by atoms with van der Waals surface area (Å²) < 4.78 is 27.4. The molecule has 0 unspecified atom stereocenters. The van der Waals surface area contributed by atoms with Gasteiger partial charge in [-0.3, -0.25) is 4.98 Å². The van der Waals surface area contributed by atoms with Gasteiger partial charge in [0.05, 0.1) is 5.52 Å². The number of hydrogen-bond donors (Lipinski definition) is 1. The molecule has 4 nitrogen and oxygen atoms in total. The third-order valence-electron chi connectivity index (χ3n) is 4.37. The largest absolute Gasteiger partial charge is 0.373 e. The van der Waals surface area contributed by atoms with Gasteiger partial charge in [0, 0.05) is 36.5 Å². The van der Waals surface area contributed by atoms with Crippen molar-refractivity contribution in [2.24, 2.45) is 0 Å². The molecule has 0 saturated carbocycles. The normalized spacial score (nSPS) is 11.0. The molecule has 0 spiro atoms. The SMILES string of the molecule is CNc1nc(-c2cccnc2)nc2cc(-c3cc(F)cc(F)c3)c(C)cc12. The van der Waals surface area contributed by atoms with Gasteiger partial charge in [-0.25, -0.2) is 18.7 Å². The molecule has 27 heavy (non-hydrogen) atoms. The molecule has 2 aromatic carbocycles. The number of aromatic nitrogens is 3. The van der Waals surface area contributed by atoms with Gasteiger partial charge in [0.2, 0.25) is 0 Å². The van der Waals surface area contributed by atoms with Gasteiger partial charge in [0.25, 0.3) is 0 Å². The first kappa shape index (κ1) is 17.0. The lowest BCUT2D eigenvalue weighted by atomic mass is 9.98. The first-order chi connectivity index (χ1) is 13.0. The molecule has 0 atom stereocenters. The van der Waals surface area contributed by atoms with Crippen molar-refractivity contribution >= 4 is 16.7 Å². The number of benzene rings is 2. The summed E-state index contributed by atoms with van der Waals surface area (Å²) in [5.74, 6) is -0.0163. The average Bonchev–Trinajstić information content (AvgIpc) is 2.66. The maximum Gasteiger partial charge on any atom is 0.163 e. The predicted molar refractivity (Wildman–Crippen MR) is 102 cm³/mol. The number of nitrogens with zero attached hydrogens (tertiary/aromatic N) is 3. The van der Waals surface area contributed by atoms with E-state index in [1.165, 1.54) is 12.1 Å². The number of nitrogens with one attached hydrogen (secondary N) is 1. The number of rotatable bonds is 3. The number of aryl methyl sites for hydroxylation is 1. The van der Waals surface area contributed by atoms with Crippen LogP contribution in [0, 0.1) is 18.6 Å². The average molecular weight is 362 g/mol. The van der Waals surface area contributed by atoms with Crippen LogP contribution >= 0.6 is 0 Å². The van der Waals surface area contributed by atoms with E-state index in [1.807, 2.05) is 31.2 Å². The van der Waals surface area contributed by atoms with Gasteiger partial charge >= 0.3 is 0 Å². The molecule has 0 saturated heterocycles. The minimum atomic E-state index is -0.612. The smallest absolute Gasteiger partial charge is 0.163 e. The molecular formula is C21H16F2N4. The second-order valence-corrected chi connectivity index (χ2v) is 6.23. The van der Waals surface area contributed by atoms with Gasteiger partial charge in [-0.05, 0) is 60.0 Å². The number of fused-ring (bicyclic) bond motifs is 1. The summed E-state index contributed by atoms with van der Waals surface area (Å²) in [6.45, 7) is 1.89. The van der Waals surface area contributed by atoms with Crippen LogP contribution in [0.5, 0.6) is 0 Å². The summed E-state index contributed by atoms with van der Waals surface area (Å²) in [6.07, 6.45) is 3.38. The van der Waals surface area contributed by atoms with Crippen LogP contribution in [0.3, 0.4) is 0 Å². The van der Waals surface area contributed by atoms with Crippen LogP contribution < -0.4 is 5.32 Å². The lowest BCUT2D eigenvalue weighted by molar-refractivity contribution is 0.584. The van der Waals surface area contributed by atoms with Gasteiger partial charge in [0.1, 0.15) is 17.5 Å². The Balaban J connectivity index is 1.97. The number of hydrogen-bond acceptors (Lipinski definition) is 4. The standard InChI is InChI=1S/C21H16F2N4/c1-12-6-18-19(10-17(12)14-7-15(22)9-16(23)8-14)26-20(27-21(18)24-2)13-4-3-5-25-11-13/h3-11H,1-2H3,(H,24,26,27). The van der Waals surface area contributed by atoms with Crippen molar-refractivity contribution in [3.8, 4) is 22.5 Å². The lowest BCUT2D eigenvalue weighted by Crippen LogP contribution is -2.00. The molecule has 0 amide bonds. The van der Waals surface area contributed by atoms with E-state index in [-0.39, 0.29) is 0 Å². The zero-order valence-electron chi connectivity index (χ0n) is 14.8. The molecular weight excluding hydrogens is 346 g/mol. The first-order valence-electron chi connectivity index (χ1n) is 8.42. The van der Waals surface area contributed by atoms with Crippen molar-refractivity contribution in [1.82, 2.24) is 15.0 Å². The number of anilines is 1. The van der Waals surface area contributed by atoms with Crippen molar-refractivity contribution in [2.75, 3.05) is 12.4 Å². The van der Waals surface area contributed by atoms with Crippen molar-refractivity contribution in [2.45, 2.75) is 6.92 Å². The molecule has 0 aliphatic carbocycles. The predicted octanol–water partition coefficient (Wildman–Crippen LogP) is 4.99. The molecule has 0 radical (unpaired) electrons. The van der Waals surface area contributed by atoms with Crippen LogP contribution in [0.15, 0.2) is 54.9 Å². The highest BCUT2D eigenvalue weighted by Crippen LogP contribution is 2.32. The molecule has 0 bridgehead atoms. The summed E-state index contributed by atoms with van der Waals surface area (Å²) in [7, 11) is 1.79. The van der Waals surface area contributed by atoms with Crippen LogP contribution in [0.4, 0.5) is 14.6 Å². The van der Waals surface area contributed by atoms with Crippen molar-refractivity contribution in [1.29, 1.82) is 0 Å². The van der Waals surface area contributed by atoms with E-state index in [9.17, 15) is 8.78 Å². The van der Waals surface area contributed by atoms with Crippen LogP contribution in [-0.4, -0.2) is 22.0 Å². The molecule has 134 valence electrons. The highest BCUT2D eigenvalue weighted by atomic mass is 19.1. The fourth-order valence-corrected chi connectivity index (χ4v) is 3.12. The van der Waals surface area contributed by atoms with E-state index in [4.69, 9.17) is 0 Å². The van der Waals surface area contributed by atoms with Crippen LogP contribution in [0.25, 0.3) is 33.4 Å². The lowest BCUT2D eigenvalue weighted by Gasteiger charge is -2.12. The van der Waals surface area contributed by atoms with E-state index in [0.29, 0.717) is 22.7 Å². The zero-order valence-corrected chi connectivity index (χ0v) is 14.8. The minimum absolute atomic E-state index is 0.472. The molecule has 6 heteroatoms. The molecule has 2 aromatic heterocycles. The minimum Gasteiger partial charge on any atom is -0.373 e. The van der Waals surface area contributed by atoms with E-state index < -0.39 is 11.6 Å². The van der Waals surface area contributed by atoms with Gasteiger partial charge in [-0.1, -0.05) is 0 Å². The Bertz CT molecular complexity index is 1120. The summed E-state index contributed by atoms with van der Waals surface area (Å²) in [5.41, 5.74) is 3.54. The zero-order chi connectivity index (χ0) is 19.0. The van der Waals surface area contributed by atoms with Gasteiger partial charge in [0.15, 0.2) is 5.82 Å². The molecule has 2 heterocycles. The fourth-order valence-electron chi connectivity index (χ4n) is 3.12. The van der Waals surface area contributed by atoms with Gasteiger partial charge in [-0.15, -0.1) is 0 Å². The molecule has 0 fully saturated rings. The monoisotopic (exact) mass is 362 g/mol. The highest BCUT2D eigenvalue weighted by Gasteiger charge is 2.13. The topological polar surface area (TPSA) is 50.7 Å². The quantitative estimate of drug-likeness (QED) is 0.558. The fraction of sp³-hybridized carbons (Fsp3) is 0.0952. The Morgan fingerprint density at radius 3 is 2.37 bits per heavy atom. The number of pyridine rings is 1. The molecule has 1 N–H and O–H groups in total. The Hall–Kier alpha value is -3.41. The third kappa shape index (κ3) is 3.21. The summed E-state index contributed by atoms with van der Waals surface area (Å²) in [4.78, 5) is 13.3. The van der Waals surface area contributed by atoms with E-state index in [1.54, 1.807) is 19.4 Å². The van der Waals surface area contributed by atoms with Crippen LogP contribution in [0.2, 0.25) is 0 Å². The Labute approximate surface area is 154 Å². The highest BCUT2D eigenvalue weighted by molar-refractivity contribution is 5.94. The van der Waals surface area contributed by atoms with E-state index >= 15 is 0 Å². The Morgan fingerprint density at radius 2 is 1.70 bits per heavy atom. The van der Waals surface area contributed by atoms with E-state index in [0.717, 1.165) is 28.1 Å². The van der Waals surface area contributed by atoms with Crippen LogP contribution in [0.1, 0.15) is 5.56 Å². The molecule has 4 aromatic rings. The Kier molecular flexibility index (Phi) is 4.24. The summed E-state index contributed by atoms with van der Waals surface area (Å²) in [5, 5.41) is 3.93. The maximum atomic E-state index is 13.7. The second kappa shape index (κ2) is 6.72. The summed E-state index contributed by atoms with van der Waals surface area (Å²) >= 11 is 0. The Morgan fingerprint density at radius 1 is 0.926 bits per heavy atom. The molecule has 0 aliphatic heterocycles. The second-order valence-electron chi connectivity index (χ2n) is 6.23. The molecule has 0 aliphatic rings. The van der Waals surface area contributed by atoms with Crippen molar-refractivity contribution < 1.29 is 8.78 Å². The van der Waals surface area contributed by atoms with Crippen LogP contribution in [-0.2, 0) is 0 Å². The summed E-state index contributed by atoms with van der Waals surface area (Å²) in [6, 6.07) is 11.0. The van der Waals surface area contributed by atoms with Gasteiger partial charge < -0.3 is 5.32 Å². The molecule has 4 rings (SSSR count). The van der Waals surface area contributed by atoms with Crippen molar-refractivity contribution in [3.63, 3.8) is 0 Å². The third-order valence-corrected chi connectivity index (χ3v) is 4.37. The van der Waals surface area contributed by atoms with Crippen molar-refractivity contribution in [3.05, 3.63) is 72.1 Å². The maximum absolute atomic E-state index is 13.7.